The van der Waals surface area contributed by atoms with Crippen LogP contribution in [0.15, 0.2) is 11.1 Å². The zero-order chi connectivity index (χ0) is 16.3. The van der Waals surface area contributed by atoms with Gasteiger partial charge in [0, 0.05) is 0 Å². The number of ether oxygens (including phenoxy) is 3. The summed E-state index contributed by atoms with van der Waals surface area (Å²) in [6, 6.07) is 0. The summed E-state index contributed by atoms with van der Waals surface area (Å²) >= 11 is 0. The number of hydrogen-bond acceptors (Lipinski definition) is 8. The van der Waals surface area contributed by atoms with E-state index < -0.39 is 42.5 Å². The molecule has 10 heteroatoms. The first kappa shape index (κ1) is 14.6. The van der Waals surface area contributed by atoms with E-state index in [0.717, 1.165) is 0 Å². The summed E-state index contributed by atoms with van der Waals surface area (Å²) in [7, 11) is 0. The Kier molecular flexibility index (Phi) is 3.17. The Balaban J connectivity index is 1.80. The SMILES string of the molecule is C[C@H]1O[C@H]2[C@@H](O1)[C@H](n1cnc3c(=O)[nH]c(N)nc31)O[C@@H]2[C@@H](C)O. The second-order valence-electron chi connectivity index (χ2n) is 5.78. The van der Waals surface area contributed by atoms with Gasteiger partial charge in [0.1, 0.15) is 18.3 Å². The van der Waals surface area contributed by atoms with Crippen LogP contribution in [0.4, 0.5) is 5.95 Å². The van der Waals surface area contributed by atoms with Crippen molar-refractivity contribution in [3.05, 3.63) is 16.7 Å². The third kappa shape index (κ3) is 2.14. The summed E-state index contributed by atoms with van der Waals surface area (Å²) in [4.78, 5) is 22.5. The summed E-state index contributed by atoms with van der Waals surface area (Å²) in [5, 5.41) is 9.93. The maximum absolute atomic E-state index is 11.9. The van der Waals surface area contributed by atoms with Crippen molar-refractivity contribution in [1.29, 1.82) is 0 Å². The Morgan fingerprint density at radius 3 is 2.87 bits per heavy atom. The molecule has 23 heavy (non-hydrogen) atoms. The van der Waals surface area contributed by atoms with Crippen LogP contribution in [-0.2, 0) is 14.2 Å². The molecule has 4 rings (SSSR count). The monoisotopic (exact) mass is 323 g/mol. The van der Waals surface area contributed by atoms with Gasteiger partial charge in [-0.15, -0.1) is 0 Å². The van der Waals surface area contributed by atoms with E-state index in [0.29, 0.717) is 5.65 Å². The predicted octanol–water partition coefficient (Wildman–Crippen LogP) is -0.890. The van der Waals surface area contributed by atoms with E-state index in [1.807, 2.05) is 0 Å². The van der Waals surface area contributed by atoms with Crippen LogP contribution in [0, 0.1) is 0 Å². The van der Waals surface area contributed by atoms with Crippen LogP contribution >= 0.6 is 0 Å². The van der Waals surface area contributed by atoms with Gasteiger partial charge < -0.3 is 25.1 Å². The van der Waals surface area contributed by atoms with E-state index in [9.17, 15) is 9.90 Å². The van der Waals surface area contributed by atoms with Crippen LogP contribution in [0.2, 0.25) is 0 Å². The number of H-pyrrole nitrogens is 1. The number of anilines is 1. The molecule has 4 N–H and O–H groups in total. The quantitative estimate of drug-likeness (QED) is 0.647. The van der Waals surface area contributed by atoms with Gasteiger partial charge in [0.2, 0.25) is 5.95 Å². The zero-order valence-electron chi connectivity index (χ0n) is 12.5. The highest BCUT2D eigenvalue weighted by Gasteiger charge is 2.54. The van der Waals surface area contributed by atoms with Crippen molar-refractivity contribution >= 4 is 17.1 Å². The fraction of sp³-hybridized carbons (Fsp3) is 0.615. The number of nitrogens with two attached hydrogens (primary N) is 1. The lowest BCUT2D eigenvalue weighted by molar-refractivity contribution is -0.154. The van der Waals surface area contributed by atoms with Crippen molar-refractivity contribution in [3.8, 4) is 0 Å². The fourth-order valence-electron chi connectivity index (χ4n) is 3.18. The van der Waals surface area contributed by atoms with Gasteiger partial charge in [-0.05, 0) is 13.8 Å². The van der Waals surface area contributed by atoms with Gasteiger partial charge in [-0.2, -0.15) is 4.98 Å². The molecule has 2 aromatic heterocycles. The van der Waals surface area contributed by atoms with Crippen molar-refractivity contribution in [2.45, 2.75) is 50.8 Å². The van der Waals surface area contributed by atoms with E-state index in [1.165, 1.54) is 6.33 Å². The van der Waals surface area contributed by atoms with Crippen molar-refractivity contribution in [3.63, 3.8) is 0 Å². The zero-order valence-corrected chi connectivity index (χ0v) is 12.5. The number of aromatic nitrogens is 4. The van der Waals surface area contributed by atoms with Gasteiger partial charge in [-0.1, -0.05) is 0 Å². The number of aliphatic hydroxyl groups excluding tert-OH is 1. The molecule has 6 atom stereocenters. The number of hydrogen-bond donors (Lipinski definition) is 3. The third-order valence-corrected chi connectivity index (χ3v) is 4.12. The molecular formula is C13H17N5O5. The van der Waals surface area contributed by atoms with Gasteiger partial charge in [0.05, 0.1) is 12.4 Å². The minimum atomic E-state index is -0.738. The Labute approximate surface area is 130 Å². The molecule has 2 fully saturated rings. The first-order valence-electron chi connectivity index (χ1n) is 7.32. The van der Waals surface area contributed by atoms with Gasteiger partial charge in [0.25, 0.3) is 5.56 Å². The average Bonchev–Trinajstić information content (AvgIpc) is 3.11. The number of fused-ring (bicyclic) bond motifs is 2. The van der Waals surface area contributed by atoms with Crippen molar-refractivity contribution < 1.29 is 19.3 Å². The van der Waals surface area contributed by atoms with Gasteiger partial charge in [-0.3, -0.25) is 14.3 Å². The summed E-state index contributed by atoms with van der Waals surface area (Å²) in [5.74, 6) is -0.0113. The van der Waals surface area contributed by atoms with E-state index >= 15 is 0 Å². The van der Waals surface area contributed by atoms with Crippen LogP contribution in [-0.4, -0.2) is 55.3 Å². The van der Waals surface area contributed by atoms with Crippen LogP contribution < -0.4 is 11.3 Å². The third-order valence-electron chi connectivity index (χ3n) is 4.12. The molecule has 2 saturated heterocycles. The van der Waals surface area contributed by atoms with E-state index in [1.54, 1.807) is 18.4 Å². The molecule has 0 radical (unpaired) electrons. The molecule has 0 aromatic carbocycles. The topological polar surface area (TPSA) is 138 Å². The second-order valence-corrected chi connectivity index (χ2v) is 5.78. The largest absolute Gasteiger partial charge is 0.391 e. The highest BCUT2D eigenvalue weighted by atomic mass is 16.8. The maximum atomic E-state index is 11.9. The first-order chi connectivity index (χ1) is 11.0. The highest BCUT2D eigenvalue weighted by Crippen LogP contribution is 2.41. The lowest BCUT2D eigenvalue weighted by Crippen LogP contribution is -2.35. The number of nitrogens with one attached hydrogen (secondary N) is 1. The van der Waals surface area contributed by atoms with Gasteiger partial charge in [-0.25, -0.2) is 4.98 Å². The van der Waals surface area contributed by atoms with Crippen LogP contribution in [0.1, 0.15) is 20.1 Å². The molecule has 2 aromatic rings. The number of rotatable bonds is 2. The first-order valence-corrected chi connectivity index (χ1v) is 7.32. The summed E-state index contributed by atoms with van der Waals surface area (Å²) in [6.07, 6.45) is -1.72. The van der Waals surface area contributed by atoms with E-state index in [2.05, 4.69) is 15.0 Å². The molecule has 0 saturated carbocycles. The predicted molar refractivity (Wildman–Crippen MR) is 77.4 cm³/mol. The molecule has 0 spiro atoms. The summed E-state index contributed by atoms with van der Waals surface area (Å²) in [5.41, 5.74) is 5.64. The Hall–Kier alpha value is -2.01. The van der Waals surface area contributed by atoms with Crippen LogP contribution in [0.25, 0.3) is 11.2 Å². The van der Waals surface area contributed by atoms with Gasteiger partial charge >= 0.3 is 0 Å². The molecule has 0 bridgehead atoms. The molecule has 0 unspecified atom stereocenters. The minimum absolute atomic E-state index is 0.0113. The van der Waals surface area contributed by atoms with Gasteiger partial charge in [0.15, 0.2) is 23.7 Å². The standard InChI is InChI=1S/C13H17N5O5/c1-4(19)7-8-9(22-5(2)21-8)12(23-7)18-3-15-6-10(18)16-13(14)17-11(6)20/h3-5,7-9,12,19H,1-2H3,(H3,14,16,17,20)/t4-,5+,7-,8-,9-,12-/m1/s1. The molecule has 2 aliphatic rings. The van der Waals surface area contributed by atoms with E-state index in [4.69, 9.17) is 19.9 Å². The van der Waals surface area contributed by atoms with E-state index in [-0.39, 0.29) is 11.5 Å². The minimum Gasteiger partial charge on any atom is -0.391 e. The van der Waals surface area contributed by atoms with Crippen LogP contribution in [0.3, 0.4) is 0 Å². The number of nitrogens with zero attached hydrogens (tertiary/aromatic N) is 3. The Bertz CT molecular complexity index is 802. The molecule has 2 aliphatic heterocycles. The maximum Gasteiger partial charge on any atom is 0.280 e. The van der Waals surface area contributed by atoms with Crippen molar-refractivity contribution in [1.82, 2.24) is 19.5 Å². The Morgan fingerprint density at radius 2 is 2.13 bits per heavy atom. The summed E-state index contributed by atoms with van der Waals surface area (Å²) < 4.78 is 18.9. The number of aliphatic hydroxyl groups is 1. The fourth-order valence-corrected chi connectivity index (χ4v) is 3.18. The number of imidazole rings is 1. The van der Waals surface area contributed by atoms with Crippen LogP contribution in [0.5, 0.6) is 0 Å². The molecule has 124 valence electrons. The molecule has 0 amide bonds. The number of nitrogen functional groups attached to an aromatic ring is 1. The number of aromatic amines is 1. The average molecular weight is 323 g/mol. The molecule has 0 aliphatic carbocycles. The molecule has 10 nitrogen and oxygen atoms in total. The normalized spacial score (nSPS) is 34.8. The lowest BCUT2D eigenvalue weighted by Gasteiger charge is -2.21. The van der Waals surface area contributed by atoms with Crippen molar-refractivity contribution in [2.24, 2.45) is 0 Å². The smallest absolute Gasteiger partial charge is 0.280 e. The second kappa shape index (κ2) is 4.99. The summed E-state index contributed by atoms with van der Waals surface area (Å²) in [6.45, 7) is 3.41. The lowest BCUT2D eigenvalue weighted by atomic mass is 10.1. The van der Waals surface area contributed by atoms with Crippen molar-refractivity contribution in [2.75, 3.05) is 5.73 Å². The highest BCUT2D eigenvalue weighted by molar-refractivity contribution is 5.70. The Morgan fingerprint density at radius 1 is 1.39 bits per heavy atom. The molecule has 4 heterocycles. The molecular weight excluding hydrogens is 306 g/mol.